The number of aromatic hydroxyl groups is 3. The molecule has 0 unspecified atom stereocenters. The van der Waals surface area contributed by atoms with Gasteiger partial charge in [0.2, 0.25) is 5.75 Å². The molecule has 6 heteroatoms. The highest BCUT2D eigenvalue weighted by Crippen LogP contribution is 2.47. The van der Waals surface area contributed by atoms with Crippen LogP contribution in [0.3, 0.4) is 0 Å². The predicted molar refractivity (Wildman–Crippen MR) is 93.6 cm³/mol. The van der Waals surface area contributed by atoms with Crippen LogP contribution < -0.4 is 10.2 Å². The van der Waals surface area contributed by atoms with E-state index in [1.54, 1.807) is 12.1 Å². The van der Waals surface area contributed by atoms with Crippen LogP contribution in [0.1, 0.15) is 25.3 Å². The monoisotopic (exact) mass is 342 g/mol. The number of fused-ring (bicyclic) bond motifs is 1. The van der Waals surface area contributed by atoms with E-state index in [-0.39, 0.29) is 39.9 Å². The van der Waals surface area contributed by atoms with Gasteiger partial charge in [0.1, 0.15) is 22.5 Å². The number of rotatable bonds is 3. The molecule has 3 N–H and O–H groups in total. The van der Waals surface area contributed by atoms with Crippen LogP contribution in [0.4, 0.5) is 0 Å². The van der Waals surface area contributed by atoms with Crippen LogP contribution in [-0.2, 0) is 0 Å². The van der Waals surface area contributed by atoms with E-state index in [4.69, 9.17) is 9.15 Å². The van der Waals surface area contributed by atoms with Crippen LogP contribution in [0.25, 0.3) is 22.3 Å². The van der Waals surface area contributed by atoms with Crippen molar-refractivity contribution in [2.24, 2.45) is 0 Å². The summed E-state index contributed by atoms with van der Waals surface area (Å²) in [5.41, 5.74) is 0.618. The van der Waals surface area contributed by atoms with Gasteiger partial charge in [-0.1, -0.05) is 13.8 Å². The third kappa shape index (κ3) is 2.65. The quantitative estimate of drug-likeness (QED) is 0.671. The SMILES string of the molecule is COc1c(O)c(C(C)C)c2oc(-c3ccc(O)cc3)cc(=O)c2c1O. The Balaban J connectivity index is 2.43. The minimum Gasteiger partial charge on any atom is -0.508 e. The van der Waals surface area contributed by atoms with E-state index < -0.39 is 11.2 Å². The summed E-state index contributed by atoms with van der Waals surface area (Å²) in [5, 5.41) is 30.1. The summed E-state index contributed by atoms with van der Waals surface area (Å²) in [6.07, 6.45) is 0. The van der Waals surface area contributed by atoms with E-state index in [2.05, 4.69) is 0 Å². The Kier molecular flexibility index (Phi) is 4.04. The second-order valence-corrected chi connectivity index (χ2v) is 6.02. The van der Waals surface area contributed by atoms with Crippen molar-refractivity contribution in [2.75, 3.05) is 7.11 Å². The van der Waals surface area contributed by atoms with E-state index >= 15 is 0 Å². The van der Waals surface area contributed by atoms with Crippen molar-refractivity contribution in [1.82, 2.24) is 0 Å². The number of ether oxygens (including phenoxy) is 1. The van der Waals surface area contributed by atoms with Crippen LogP contribution in [0, 0.1) is 0 Å². The largest absolute Gasteiger partial charge is 0.508 e. The van der Waals surface area contributed by atoms with Crippen LogP contribution in [-0.4, -0.2) is 22.4 Å². The molecule has 25 heavy (non-hydrogen) atoms. The standard InChI is InChI=1S/C19H18O6/c1-9(2)14-16(22)19(24-3)17(23)15-12(21)8-13(25-18(14)15)10-4-6-11(20)7-5-10/h4-9,20,22-23H,1-3H3. The average Bonchev–Trinajstić information content (AvgIpc) is 2.54. The molecule has 1 heterocycles. The molecule has 0 atom stereocenters. The molecule has 0 aliphatic carbocycles. The molecule has 0 saturated carbocycles. The van der Waals surface area contributed by atoms with Gasteiger partial charge in [0.15, 0.2) is 16.9 Å². The van der Waals surface area contributed by atoms with Crippen LogP contribution >= 0.6 is 0 Å². The first kappa shape index (κ1) is 16.7. The number of benzene rings is 2. The number of methoxy groups -OCH3 is 1. The number of phenols is 3. The molecule has 0 radical (unpaired) electrons. The molecule has 0 aliphatic rings. The molecule has 0 spiro atoms. The summed E-state index contributed by atoms with van der Waals surface area (Å²) in [6.45, 7) is 3.66. The smallest absolute Gasteiger partial charge is 0.204 e. The van der Waals surface area contributed by atoms with Gasteiger partial charge in [0.05, 0.1) is 7.11 Å². The third-order valence-corrected chi connectivity index (χ3v) is 4.05. The Morgan fingerprint density at radius 3 is 2.24 bits per heavy atom. The first-order chi connectivity index (χ1) is 11.8. The summed E-state index contributed by atoms with van der Waals surface area (Å²) in [5.74, 6) is -0.687. The first-order valence-corrected chi connectivity index (χ1v) is 7.74. The second-order valence-electron chi connectivity index (χ2n) is 6.02. The van der Waals surface area contributed by atoms with Crippen molar-refractivity contribution in [3.8, 4) is 34.3 Å². The minimum atomic E-state index is -0.456. The molecule has 2 aromatic carbocycles. The number of hydrogen-bond donors (Lipinski definition) is 3. The fourth-order valence-electron chi connectivity index (χ4n) is 2.86. The Hall–Kier alpha value is -3.15. The normalized spacial score (nSPS) is 11.2. The molecule has 130 valence electrons. The van der Waals surface area contributed by atoms with Gasteiger partial charge in [-0.25, -0.2) is 0 Å². The van der Waals surface area contributed by atoms with Crippen LogP contribution in [0.15, 0.2) is 39.5 Å². The number of phenolic OH excluding ortho intramolecular Hbond substituents is 3. The third-order valence-electron chi connectivity index (χ3n) is 4.05. The lowest BCUT2D eigenvalue weighted by Crippen LogP contribution is -2.05. The van der Waals surface area contributed by atoms with Gasteiger partial charge < -0.3 is 24.5 Å². The summed E-state index contributed by atoms with van der Waals surface area (Å²) >= 11 is 0. The zero-order chi connectivity index (χ0) is 18.3. The van der Waals surface area contributed by atoms with Gasteiger partial charge in [-0.3, -0.25) is 4.79 Å². The molecule has 0 fully saturated rings. The topological polar surface area (TPSA) is 100 Å². The van der Waals surface area contributed by atoms with Gasteiger partial charge in [0.25, 0.3) is 0 Å². The zero-order valence-corrected chi connectivity index (χ0v) is 14.0. The highest BCUT2D eigenvalue weighted by molar-refractivity contribution is 5.93. The lowest BCUT2D eigenvalue weighted by atomic mass is 9.97. The van der Waals surface area contributed by atoms with Gasteiger partial charge in [-0.05, 0) is 30.2 Å². The summed E-state index contributed by atoms with van der Waals surface area (Å²) in [7, 11) is 1.30. The van der Waals surface area contributed by atoms with Crippen molar-refractivity contribution >= 4 is 11.0 Å². The molecule has 0 bridgehead atoms. The van der Waals surface area contributed by atoms with E-state index in [1.165, 1.54) is 25.3 Å². The highest BCUT2D eigenvalue weighted by Gasteiger charge is 2.25. The lowest BCUT2D eigenvalue weighted by molar-refractivity contribution is 0.343. The van der Waals surface area contributed by atoms with Crippen molar-refractivity contribution in [3.63, 3.8) is 0 Å². The maximum Gasteiger partial charge on any atom is 0.204 e. The van der Waals surface area contributed by atoms with E-state index in [9.17, 15) is 20.1 Å². The van der Waals surface area contributed by atoms with Gasteiger partial charge in [0, 0.05) is 17.2 Å². The van der Waals surface area contributed by atoms with E-state index in [0.717, 1.165) is 0 Å². The fraction of sp³-hybridized carbons (Fsp3) is 0.211. The molecular weight excluding hydrogens is 324 g/mol. The molecule has 3 rings (SSSR count). The minimum absolute atomic E-state index is 0.0409. The fourth-order valence-corrected chi connectivity index (χ4v) is 2.86. The number of hydrogen-bond acceptors (Lipinski definition) is 6. The Morgan fingerprint density at radius 1 is 1.04 bits per heavy atom. The van der Waals surface area contributed by atoms with Gasteiger partial charge in [-0.15, -0.1) is 0 Å². The molecule has 0 aliphatic heterocycles. The molecule has 1 aromatic heterocycles. The maximum absolute atomic E-state index is 12.6. The Bertz CT molecular complexity index is 999. The van der Waals surface area contributed by atoms with Crippen molar-refractivity contribution < 1.29 is 24.5 Å². The second kappa shape index (κ2) is 6.05. The summed E-state index contributed by atoms with van der Waals surface area (Å²) < 4.78 is 10.9. The Labute approximate surface area is 143 Å². The molecule has 0 amide bonds. The summed E-state index contributed by atoms with van der Waals surface area (Å²) in [4.78, 5) is 12.6. The predicted octanol–water partition coefficient (Wildman–Crippen LogP) is 3.71. The molecule has 3 aromatic rings. The average molecular weight is 342 g/mol. The molecule has 6 nitrogen and oxygen atoms in total. The lowest BCUT2D eigenvalue weighted by Gasteiger charge is -2.16. The molecular formula is C19H18O6. The van der Waals surface area contributed by atoms with Crippen molar-refractivity contribution in [3.05, 3.63) is 46.1 Å². The van der Waals surface area contributed by atoms with Crippen molar-refractivity contribution in [1.29, 1.82) is 0 Å². The van der Waals surface area contributed by atoms with Crippen LogP contribution in [0.2, 0.25) is 0 Å². The molecule has 0 saturated heterocycles. The summed E-state index contributed by atoms with van der Waals surface area (Å²) in [6, 6.07) is 7.43. The maximum atomic E-state index is 12.6. The van der Waals surface area contributed by atoms with Crippen molar-refractivity contribution in [2.45, 2.75) is 19.8 Å². The Morgan fingerprint density at radius 2 is 1.68 bits per heavy atom. The highest BCUT2D eigenvalue weighted by atomic mass is 16.5. The van der Waals surface area contributed by atoms with Gasteiger partial charge in [-0.2, -0.15) is 0 Å². The van der Waals surface area contributed by atoms with E-state index in [0.29, 0.717) is 11.1 Å². The zero-order valence-electron chi connectivity index (χ0n) is 14.0. The van der Waals surface area contributed by atoms with Gasteiger partial charge >= 0.3 is 0 Å². The van der Waals surface area contributed by atoms with E-state index in [1.807, 2.05) is 13.8 Å². The first-order valence-electron chi connectivity index (χ1n) is 7.74. The van der Waals surface area contributed by atoms with Crippen LogP contribution in [0.5, 0.6) is 23.0 Å².